The van der Waals surface area contributed by atoms with E-state index in [2.05, 4.69) is 9.88 Å². The fourth-order valence-corrected chi connectivity index (χ4v) is 5.45. The minimum atomic E-state index is 0.0203. The van der Waals surface area contributed by atoms with Gasteiger partial charge in [-0.05, 0) is 30.3 Å². The molecule has 0 spiro atoms. The van der Waals surface area contributed by atoms with Crippen LogP contribution in [0.3, 0.4) is 0 Å². The van der Waals surface area contributed by atoms with E-state index in [1.54, 1.807) is 11.3 Å². The molecular formula is C19H15ClN4OS2. The number of carbonyl (C=O) groups excluding carboxylic acids is 1. The maximum atomic E-state index is 12.8. The Kier molecular flexibility index (Phi) is 4.22. The monoisotopic (exact) mass is 414 g/mol. The van der Waals surface area contributed by atoms with Crippen molar-refractivity contribution in [3.05, 3.63) is 52.5 Å². The number of fused-ring (bicyclic) bond motifs is 2. The summed E-state index contributed by atoms with van der Waals surface area (Å²) in [5.74, 6) is 0.0203. The molecule has 1 aliphatic rings. The van der Waals surface area contributed by atoms with E-state index in [0.717, 1.165) is 43.7 Å². The Morgan fingerprint density at radius 3 is 2.52 bits per heavy atom. The molecule has 0 unspecified atom stereocenters. The topological polar surface area (TPSA) is 49.3 Å². The molecule has 5 nitrogen and oxygen atoms in total. The number of amides is 1. The molecule has 4 aromatic rings. The van der Waals surface area contributed by atoms with Gasteiger partial charge in [0.1, 0.15) is 0 Å². The first-order chi connectivity index (χ1) is 13.2. The number of aromatic nitrogens is 2. The van der Waals surface area contributed by atoms with Crippen LogP contribution in [0.1, 0.15) is 9.80 Å². The molecule has 3 heterocycles. The summed E-state index contributed by atoms with van der Waals surface area (Å²) in [7, 11) is 0. The molecule has 27 heavy (non-hydrogen) atoms. The van der Waals surface area contributed by atoms with Gasteiger partial charge in [0.15, 0.2) is 10.1 Å². The zero-order chi connectivity index (χ0) is 18.4. The summed E-state index contributed by atoms with van der Waals surface area (Å²) in [6.45, 7) is 2.88. The van der Waals surface area contributed by atoms with Crippen molar-refractivity contribution in [2.75, 3.05) is 31.1 Å². The lowest BCUT2D eigenvalue weighted by Gasteiger charge is -2.34. The summed E-state index contributed by atoms with van der Waals surface area (Å²) in [5.41, 5.74) is 1.85. The van der Waals surface area contributed by atoms with E-state index in [1.165, 1.54) is 11.3 Å². The Morgan fingerprint density at radius 2 is 1.70 bits per heavy atom. The lowest BCUT2D eigenvalue weighted by atomic mass is 10.3. The van der Waals surface area contributed by atoms with Gasteiger partial charge in [0.25, 0.3) is 5.91 Å². The van der Waals surface area contributed by atoms with Crippen LogP contribution in [-0.4, -0.2) is 47.0 Å². The van der Waals surface area contributed by atoms with Crippen molar-refractivity contribution >= 4 is 65.7 Å². The highest BCUT2D eigenvalue weighted by Gasteiger charge is 2.25. The molecule has 0 atom stereocenters. The Morgan fingerprint density at radius 1 is 0.926 bits per heavy atom. The molecule has 1 saturated heterocycles. The molecule has 0 bridgehead atoms. The van der Waals surface area contributed by atoms with Crippen LogP contribution in [-0.2, 0) is 0 Å². The summed E-state index contributed by atoms with van der Waals surface area (Å²) in [4.78, 5) is 26.1. The number of nitrogens with zero attached hydrogens (tertiary/aromatic N) is 4. The molecule has 0 radical (unpaired) electrons. The van der Waals surface area contributed by atoms with Crippen LogP contribution in [0.15, 0.2) is 42.5 Å². The van der Waals surface area contributed by atoms with Crippen molar-refractivity contribution in [3.63, 3.8) is 0 Å². The van der Waals surface area contributed by atoms with E-state index >= 15 is 0 Å². The number of benzene rings is 2. The molecule has 0 saturated carbocycles. The van der Waals surface area contributed by atoms with Gasteiger partial charge in [-0.25, -0.2) is 9.97 Å². The highest BCUT2D eigenvalue weighted by molar-refractivity contribution is 7.22. The summed E-state index contributed by atoms with van der Waals surface area (Å²) in [6, 6.07) is 13.6. The number of anilines is 1. The summed E-state index contributed by atoms with van der Waals surface area (Å²) in [6.07, 6.45) is 0. The number of rotatable bonds is 2. The molecule has 1 fully saturated rings. The highest BCUT2D eigenvalue weighted by Crippen LogP contribution is 2.31. The van der Waals surface area contributed by atoms with Gasteiger partial charge in [-0.2, -0.15) is 0 Å². The van der Waals surface area contributed by atoms with Crippen LogP contribution in [0.25, 0.3) is 20.4 Å². The lowest BCUT2D eigenvalue weighted by Crippen LogP contribution is -2.48. The smallest absolute Gasteiger partial charge is 0.282 e. The Bertz CT molecular complexity index is 1110. The number of carbonyl (C=O) groups is 1. The molecule has 1 aliphatic heterocycles. The van der Waals surface area contributed by atoms with E-state index in [0.29, 0.717) is 18.1 Å². The van der Waals surface area contributed by atoms with Gasteiger partial charge in [0, 0.05) is 31.2 Å². The third kappa shape index (κ3) is 3.16. The third-order valence-electron chi connectivity index (χ3n) is 4.65. The standard InChI is InChI=1S/C19H15ClN4OS2/c20-12-5-6-14-16(11-12)27-19(22-14)24-9-7-23(8-10-24)18(25)17-21-13-3-1-2-4-15(13)26-17/h1-6,11H,7-10H2. The number of hydrogen-bond acceptors (Lipinski definition) is 6. The van der Waals surface area contributed by atoms with Gasteiger partial charge >= 0.3 is 0 Å². The zero-order valence-corrected chi connectivity index (χ0v) is 16.7. The largest absolute Gasteiger partial charge is 0.345 e. The van der Waals surface area contributed by atoms with Crippen LogP contribution in [0.5, 0.6) is 0 Å². The summed E-state index contributed by atoms with van der Waals surface area (Å²) < 4.78 is 2.14. The minimum absolute atomic E-state index is 0.0203. The van der Waals surface area contributed by atoms with Gasteiger partial charge in [0.05, 0.1) is 20.4 Å². The number of hydrogen-bond donors (Lipinski definition) is 0. The van der Waals surface area contributed by atoms with Gasteiger partial charge < -0.3 is 9.80 Å². The average molecular weight is 415 g/mol. The van der Waals surface area contributed by atoms with Crippen LogP contribution in [0.2, 0.25) is 5.02 Å². The van der Waals surface area contributed by atoms with E-state index in [4.69, 9.17) is 16.6 Å². The van der Waals surface area contributed by atoms with Crippen LogP contribution in [0, 0.1) is 0 Å². The lowest BCUT2D eigenvalue weighted by molar-refractivity contribution is 0.0746. The predicted octanol–water partition coefficient (Wildman–Crippen LogP) is 4.52. The minimum Gasteiger partial charge on any atom is -0.345 e. The van der Waals surface area contributed by atoms with Crippen molar-refractivity contribution in [2.24, 2.45) is 0 Å². The highest BCUT2D eigenvalue weighted by atomic mass is 35.5. The van der Waals surface area contributed by atoms with Crippen molar-refractivity contribution in [1.29, 1.82) is 0 Å². The average Bonchev–Trinajstić information content (AvgIpc) is 3.31. The van der Waals surface area contributed by atoms with E-state index < -0.39 is 0 Å². The number of piperazine rings is 1. The second-order valence-electron chi connectivity index (χ2n) is 6.37. The first-order valence-electron chi connectivity index (χ1n) is 8.63. The van der Waals surface area contributed by atoms with Gasteiger partial charge in [0.2, 0.25) is 0 Å². The second kappa shape index (κ2) is 6.74. The molecule has 2 aromatic heterocycles. The molecule has 5 rings (SSSR count). The molecule has 2 aromatic carbocycles. The maximum Gasteiger partial charge on any atom is 0.282 e. The molecule has 8 heteroatoms. The number of para-hydroxylation sites is 1. The molecule has 136 valence electrons. The van der Waals surface area contributed by atoms with Gasteiger partial charge in [-0.1, -0.05) is 35.1 Å². The van der Waals surface area contributed by atoms with Crippen molar-refractivity contribution < 1.29 is 4.79 Å². The molecular weight excluding hydrogens is 400 g/mol. The van der Waals surface area contributed by atoms with E-state index in [9.17, 15) is 4.79 Å². The second-order valence-corrected chi connectivity index (χ2v) is 8.85. The first-order valence-corrected chi connectivity index (χ1v) is 10.6. The fraction of sp³-hybridized carbons (Fsp3) is 0.211. The van der Waals surface area contributed by atoms with E-state index in [1.807, 2.05) is 47.4 Å². The predicted molar refractivity (Wildman–Crippen MR) is 112 cm³/mol. The van der Waals surface area contributed by atoms with Crippen LogP contribution < -0.4 is 4.90 Å². The summed E-state index contributed by atoms with van der Waals surface area (Å²) in [5, 5.41) is 2.28. The molecule has 1 amide bonds. The van der Waals surface area contributed by atoms with Gasteiger partial charge in [-0.15, -0.1) is 11.3 Å². The Hall–Kier alpha value is -2.22. The zero-order valence-electron chi connectivity index (χ0n) is 14.3. The maximum absolute atomic E-state index is 12.8. The Balaban J connectivity index is 1.30. The third-order valence-corrected chi connectivity index (χ3v) is 6.99. The van der Waals surface area contributed by atoms with Gasteiger partial charge in [-0.3, -0.25) is 4.79 Å². The van der Waals surface area contributed by atoms with Crippen molar-refractivity contribution in [3.8, 4) is 0 Å². The van der Waals surface area contributed by atoms with E-state index in [-0.39, 0.29) is 5.91 Å². The molecule has 0 aliphatic carbocycles. The Labute approximate surface area is 168 Å². The van der Waals surface area contributed by atoms with Crippen LogP contribution in [0.4, 0.5) is 5.13 Å². The van der Waals surface area contributed by atoms with Crippen molar-refractivity contribution in [1.82, 2.24) is 14.9 Å². The van der Waals surface area contributed by atoms with Crippen LogP contribution >= 0.6 is 34.3 Å². The summed E-state index contributed by atoms with van der Waals surface area (Å²) >= 11 is 9.18. The quantitative estimate of drug-likeness (QED) is 0.483. The van der Waals surface area contributed by atoms with Crippen molar-refractivity contribution in [2.45, 2.75) is 0 Å². The SMILES string of the molecule is O=C(c1nc2ccccc2s1)N1CCN(c2nc3ccc(Cl)cc3s2)CC1. The number of thiazole rings is 2. The molecule has 0 N–H and O–H groups in total. The number of halogens is 1. The normalized spacial score (nSPS) is 15.0. The first kappa shape index (κ1) is 16.9. The fourth-order valence-electron chi connectivity index (χ4n) is 3.22.